The Morgan fingerprint density at radius 1 is 0.398 bits per heavy atom. The fourth-order valence-corrected chi connectivity index (χ4v) is 15.3. The van der Waals surface area contributed by atoms with Gasteiger partial charge in [0.05, 0.1) is 6.61 Å². The summed E-state index contributed by atoms with van der Waals surface area (Å²) >= 11 is 0. The van der Waals surface area contributed by atoms with E-state index in [9.17, 15) is 14.4 Å². The lowest BCUT2D eigenvalue weighted by Gasteiger charge is -2.35. The van der Waals surface area contributed by atoms with Crippen LogP contribution in [0.4, 0.5) is 5.69 Å². The molecular weight excluding hydrogens is 1450 g/mol. The second-order valence-corrected chi connectivity index (χ2v) is 40.6. The molecule has 1 unspecified atom stereocenters. The van der Waals surface area contributed by atoms with Gasteiger partial charge in [0.25, 0.3) is 11.8 Å². The fourth-order valence-electron chi connectivity index (χ4n) is 15.3. The Kier molecular flexibility index (Phi) is 36.7. The van der Waals surface area contributed by atoms with Gasteiger partial charge in [-0.05, 0) is 221 Å². The molecule has 0 spiro atoms. The Morgan fingerprint density at radius 3 is 1.11 bits per heavy atom. The first-order chi connectivity index (χ1) is 55.5. The van der Waals surface area contributed by atoms with Gasteiger partial charge in [0.2, 0.25) is 11.8 Å². The fraction of sp³-hybridized carbons (Fsp3) is 0.562. The number of nitrogens with one attached hydrogen (secondary N) is 1. The number of aromatic amines is 1. The third-order valence-corrected chi connectivity index (χ3v) is 23.7. The molecule has 118 heavy (non-hydrogen) atoms. The molecule has 4 saturated heterocycles. The molecule has 1 atom stereocenters. The van der Waals surface area contributed by atoms with E-state index in [1.165, 1.54) is 134 Å². The molecule has 0 radical (unpaired) electrons. The van der Waals surface area contributed by atoms with Crippen molar-refractivity contribution in [3.63, 3.8) is 0 Å². The second-order valence-electron chi connectivity index (χ2n) is 40.6. The molecule has 8 aromatic rings. The molecule has 1 saturated carbocycles. The van der Waals surface area contributed by atoms with E-state index in [-0.39, 0.29) is 55.6 Å². The van der Waals surface area contributed by atoms with E-state index in [1.54, 1.807) is 12.5 Å². The normalized spacial score (nSPS) is 16.2. The van der Waals surface area contributed by atoms with Crippen molar-refractivity contribution in [1.82, 2.24) is 39.8 Å². The average Bonchev–Trinajstić information content (AvgIpc) is 1.05. The van der Waals surface area contributed by atoms with Crippen molar-refractivity contribution in [2.45, 2.75) is 312 Å². The zero-order valence-corrected chi connectivity index (χ0v) is 77.9. The largest absolute Gasteiger partial charge is 0.478 e. The highest BCUT2D eigenvalue weighted by molar-refractivity contribution is 5.95. The number of amides is 3. The van der Waals surface area contributed by atoms with E-state index in [0.717, 1.165) is 125 Å². The highest BCUT2D eigenvalue weighted by Gasteiger charge is 2.26. The maximum Gasteiger partial charge on any atom is 0.253 e. The number of piperidine rings is 3. The first-order valence-corrected chi connectivity index (χ1v) is 44.9. The number of rotatable bonds is 10. The number of benzene rings is 6. The van der Waals surface area contributed by atoms with Crippen LogP contribution in [0.5, 0.6) is 5.88 Å². The summed E-state index contributed by atoms with van der Waals surface area (Å²) in [5.74, 6) is 2.94. The number of hydrogen-bond donors (Lipinski definition) is 1. The number of ether oxygens (including phenoxy) is 1. The molecule has 3 amide bonds. The summed E-state index contributed by atoms with van der Waals surface area (Å²) in [5, 5.41) is 6.68. The van der Waals surface area contributed by atoms with Crippen molar-refractivity contribution in [2.75, 3.05) is 77.0 Å². The van der Waals surface area contributed by atoms with E-state index < -0.39 is 0 Å². The average molecular weight is 1610 g/mol. The van der Waals surface area contributed by atoms with Gasteiger partial charge in [-0.15, -0.1) is 0 Å². The third kappa shape index (κ3) is 31.6. The standard InChI is InChI=1S/C17H27N.C16H24N2O.2C16H23NO.C16H24.C12H15N3.C12H19NO/c1-14(18-12-6-5-7-13-18)15-8-10-16(11-9-15)17(2,3)4;1-13(19)17-9-11-18(12-10-17)15-7-5-14(6-8-15)16(2,3)4;2*1-16(2,3)14-9-7-13(8-10-14)15(18)17-11-5-4-6-12-17;1-16(2,3)15-11-9-14(10-12-15)13-7-5-4-6-8-13;1-12(2,3)10-6-4-9(5-7-10)11-13-8-14-15-11;1-5-8-14-11-7-6-10(9-13-11)12(2,3)4/h8-11,14H,5-7,12-13H2,1-4H3;5-8H,9-12H2,1-4H3;2*7-10H,4-6,11-12H2,1-3H3;9-13H,4-8H2,1-3H3;4-8H,1-3H3,(H,13,14,15);6-7,9H,5,8H2,1-4H3. The molecule has 13 heteroatoms. The minimum Gasteiger partial charge on any atom is -0.478 e. The lowest BCUT2D eigenvalue weighted by atomic mass is 9.81. The molecule has 6 heterocycles. The van der Waals surface area contributed by atoms with Crippen LogP contribution in [0.15, 0.2) is 170 Å². The number of nitrogens with zero attached hydrogens (tertiary/aromatic N) is 8. The van der Waals surface area contributed by atoms with Gasteiger partial charge in [-0.25, -0.2) is 9.97 Å². The Hall–Kier alpha value is -8.42. The van der Waals surface area contributed by atoms with Crippen molar-refractivity contribution in [3.8, 4) is 17.3 Å². The number of pyridine rings is 1. The summed E-state index contributed by atoms with van der Waals surface area (Å²) in [6, 6.07) is 56.6. The number of carbonyl (C=O) groups is 3. The van der Waals surface area contributed by atoms with Crippen LogP contribution in [0.1, 0.15) is 345 Å². The van der Waals surface area contributed by atoms with Crippen LogP contribution in [-0.4, -0.2) is 130 Å². The molecule has 1 aliphatic carbocycles. The van der Waals surface area contributed by atoms with Gasteiger partial charge >= 0.3 is 0 Å². The molecule has 2 aromatic heterocycles. The summed E-state index contributed by atoms with van der Waals surface area (Å²) in [5.41, 5.74) is 17.7. The van der Waals surface area contributed by atoms with Gasteiger partial charge < -0.3 is 24.3 Å². The summed E-state index contributed by atoms with van der Waals surface area (Å²) in [6.07, 6.45) is 22.7. The molecule has 5 fully saturated rings. The van der Waals surface area contributed by atoms with Crippen molar-refractivity contribution in [2.24, 2.45) is 0 Å². The predicted molar refractivity (Wildman–Crippen MR) is 499 cm³/mol. The summed E-state index contributed by atoms with van der Waals surface area (Å²) in [6.45, 7) is 63.2. The number of anilines is 1. The smallest absolute Gasteiger partial charge is 0.253 e. The minimum atomic E-state index is 0.146. The van der Waals surface area contributed by atoms with Gasteiger partial charge in [0.15, 0.2) is 5.82 Å². The zero-order valence-electron chi connectivity index (χ0n) is 77.9. The molecular formula is C105H155N9O4. The zero-order chi connectivity index (χ0) is 86.7. The summed E-state index contributed by atoms with van der Waals surface area (Å²) in [7, 11) is 0. The Bertz CT molecular complexity index is 4100. The van der Waals surface area contributed by atoms with Gasteiger partial charge in [0.1, 0.15) is 6.33 Å². The number of aromatic nitrogens is 4. The van der Waals surface area contributed by atoms with Crippen LogP contribution in [0.3, 0.4) is 0 Å². The monoisotopic (exact) mass is 1610 g/mol. The number of piperazine rings is 1. The van der Waals surface area contributed by atoms with Crippen LogP contribution >= 0.6 is 0 Å². The van der Waals surface area contributed by atoms with E-state index in [4.69, 9.17) is 4.74 Å². The van der Waals surface area contributed by atoms with Crippen LogP contribution in [0, 0.1) is 0 Å². The van der Waals surface area contributed by atoms with E-state index in [1.807, 2.05) is 51.2 Å². The van der Waals surface area contributed by atoms with Crippen molar-refractivity contribution in [1.29, 1.82) is 0 Å². The first-order valence-electron chi connectivity index (χ1n) is 44.9. The Balaban J connectivity index is 0.000000190. The number of hydrogen-bond acceptors (Lipinski definition) is 9. The minimum absolute atomic E-state index is 0.146. The van der Waals surface area contributed by atoms with Crippen LogP contribution in [0.25, 0.3) is 11.4 Å². The van der Waals surface area contributed by atoms with Crippen LogP contribution < -0.4 is 9.64 Å². The predicted octanol–water partition coefficient (Wildman–Crippen LogP) is 25.4. The van der Waals surface area contributed by atoms with Crippen molar-refractivity contribution < 1.29 is 19.1 Å². The summed E-state index contributed by atoms with van der Waals surface area (Å²) in [4.78, 5) is 55.1. The lowest BCUT2D eigenvalue weighted by Crippen LogP contribution is -2.48. The Labute approximate surface area is 716 Å². The number of carbonyl (C=O) groups excluding carboxylic acids is 3. The molecule has 4 aliphatic heterocycles. The van der Waals surface area contributed by atoms with Crippen molar-refractivity contribution in [3.05, 3.63) is 231 Å². The van der Waals surface area contributed by atoms with Gasteiger partial charge in [-0.3, -0.25) is 24.4 Å². The van der Waals surface area contributed by atoms with Crippen molar-refractivity contribution >= 4 is 23.4 Å². The van der Waals surface area contributed by atoms with Gasteiger partial charge in [-0.1, -0.05) is 293 Å². The lowest BCUT2D eigenvalue weighted by molar-refractivity contribution is -0.129. The van der Waals surface area contributed by atoms with Crippen LogP contribution in [0.2, 0.25) is 0 Å². The van der Waals surface area contributed by atoms with Gasteiger partial charge in [-0.2, -0.15) is 5.10 Å². The highest BCUT2D eigenvalue weighted by Crippen LogP contribution is 2.36. The highest BCUT2D eigenvalue weighted by atomic mass is 16.5. The number of H-pyrrole nitrogens is 1. The summed E-state index contributed by atoms with van der Waals surface area (Å²) < 4.78 is 5.41. The maximum absolute atomic E-state index is 12.3. The topological polar surface area (TPSA) is 131 Å². The third-order valence-electron chi connectivity index (χ3n) is 23.7. The molecule has 13 nitrogen and oxygen atoms in total. The molecule has 6 aromatic carbocycles. The SMILES string of the molecule is CC(=O)N1CCN(c2ccc(C(C)(C)C)cc2)CC1.CC(C)(C)c1ccc(-c2ncn[nH]2)cc1.CC(C)(C)c1ccc(C(=O)N2CCCCC2)cc1.CC(C)(C)c1ccc(C(=O)N2CCCCC2)cc1.CC(C)(C)c1ccc(C2CCCCC2)cc1.CC(c1ccc(C(C)(C)C)cc1)N1CCCCC1.CCCOc1ccc(C(C)(C)C)cn1. The maximum atomic E-state index is 12.3. The quantitative estimate of drug-likeness (QED) is 0.142. The van der Waals surface area contributed by atoms with Gasteiger partial charge in [0, 0.05) is 100.0 Å². The molecule has 13 rings (SSSR count). The van der Waals surface area contributed by atoms with E-state index in [0.29, 0.717) is 6.04 Å². The van der Waals surface area contributed by atoms with E-state index in [2.05, 4.69) is 317 Å². The van der Waals surface area contributed by atoms with E-state index >= 15 is 0 Å². The molecule has 5 aliphatic rings. The first kappa shape index (κ1) is 96.7. The molecule has 0 bridgehead atoms. The van der Waals surface area contributed by atoms with Crippen LogP contribution in [-0.2, 0) is 42.7 Å². The Morgan fingerprint density at radius 2 is 0.754 bits per heavy atom. The molecule has 1 N–H and O–H groups in total. The number of likely N-dealkylation sites (tertiary alicyclic amines) is 3. The second kappa shape index (κ2) is 44.7. The molecule has 644 valence electrons.